The van der Waals surface area contributed by atoms with Gasteiger partial charge in [0.15, 0.2) is 0 Å². The van der Waals surface area contributed by atoms with E-state index in [0.29, 0.717) is 0 Å². The van der Waals surface area contributed by atoms with Crippen LogP contribution in [-0.2, 0) is 5.33 Å². The van der Waals surface area contributed by atoms with Crippen LogP contribution in [0, 0.1) is 11.3 Å². The Balaban J connectivity index is 2.89. The van der Waals surface area contributed by atoms with E-state index in [1.807, 2.05) is 11.4 Å². The maximum atomic E-state index is 8.94. The summed E-state index contributed by atoms with van der Waals surface area (Å²) in [6, 6.07) is 6.27. The average Bonchev–Trinajstić information content (AvgIpc) is 2.63. The smallest absolute Gasteiger partial charge is 0.101 e. The molecular weight excluding hydrogens is 326 g/mol. The van der Waals surface area contributed by atoms with Gasteiger partial charge in [-0.2, -0.15) is 5.26 Å². The molecule has 70 valence electrons. The first-order valence-electron chi connectivity index (χ1n) is 3.92. The number of alkyl halides is 1. The summed E-state index contributed by atoms with van der Waals surface area (Å²) in [6.07, 6.45) is 0. The van der Waals surface area contributed by atoms with Gasteiger partial charge in [0.25, 0.3) is 0 Å². The zero-order valence-electron chi connectivity index (χ0n) is 7.05. The van der Waals surface area contributed by atoms with Gasteiger partial charge >= 0.3 is 0 Å². The minimum atomic E-state index is 0.750. The van der Waals surface area contributed by atoms with Crippen molar-refractivity contribution < 1.29 is 0 Å². The molecule has 1 nitrogen and oxygen atoms in total. The van der Waals surface area contributed by atoms with E-state index in [1.165, 1.54) is 10.3 Å². The molecule has 14 heavy (non-hydrogen) atoms. The van der Waals surface area contributed by atoms with Gasteiger partial charge in [-0.1, -0.05) is 37.9 Å². The molecule has 2 aromatic rings. The van der Waals surface area contributed by atoms with Crippen LogP contribution < -0.4 is 0 Å². The molecule has 0 aliphatic carbocycles. The molecule has 0 amide bonds. The molecule has 0 aliphatic rings. The van der Waals surface area contributed by atoms with Crippen LogP contribution in [-0.4, -0.2) is 0 Å². The van der Waals surface area contributed by atoms with Crippen LogP contribution in [0.1, 0.15) is 11.1 Å². The lowest BCUT2D eigenvalue weighted by Gasteiger charge is -2.00. The van der Waals surface area contributed by atoms with E-state index in [9.17, 15) is 0 Å². The standard InChI is InChI=1S/C10H5Br2NS/c11-3-6-1-2-8(12)9-7(4-13)5-14-10(6)9/h1-2,5H,3H2. The third-order valence-corrected chi connectivity index (χ3v) is 4.34. The second-order valence-corrected chi connectivity index (χ2v) is 5.10. The van der Waals surface area contributed by atoms with Gasteiger partial charge in [0.2, 0.25) is 0 Å². The summed E-state index contributed by atoms with van der Waals surface area (Å²) in [5.74, 6) is 0. The summed E-state index contributed by atoms with van der Waals surface area (Å²) in [5.41, 5.74) is 1.98. The molecular formula is C10H5Br2NS. The lowest BCUT2D eigenvalue weighted by Crippen LogP contribution is -1.79. The first-order valence-corrected chi connectivity index (χ1v) is 6.72. The van der Waals surface area contributed by atoms with Crippen LogP contribution >= 0.6 is 43.2 Å². The number of rotatable bonds is 1. The highest BCUT2D eigenvalue weighted by atomic mass is 79.9. The van der Waals surface area contributed by atoms with E-state index >= 15 is 0 Å². The van der Waals surface area contributed by atoms with Crippen LogP contribution in [0.25, 0.3) is 10.1 Å². The van der Waals surface area contributed by atoms with E-state index in [-0.39, 0.29) is 0 Å². The van der Waals surface area contributed by atoms with Gasteiger partial charge in [-0.25, -0.2) is 0 Å². The lowest BCUT2D eigenvalue weighted by atomic mass is 10.1. The van der Waals surface area contributed by atoms with Gasteiger partial charge in [0, 0.05) is 25.3 Å². The molecule has 0 unspecified atom stereocenters. The molecule has 0 saturated carbocycles. The van der Waals surface area contributed by atoms with E-state index < -0.39 is 0 Å². The highest BCUT2D eigenvalue weighted by Crippen LogP contribution is 2.35. The Morgan fingerprint density at radius 3 is 2.86 bits per heavy atom. The summed E-state index contributed by atoms with van der Waals surface area (Å²) >= 11 is 8.54. The minimum Gasteiger partial charge on any atom is -0.192 e. The number of benzene rings is 1. The van der Waals surface area contributed by atoms with Crippen LogP contribution in [0.2, 0.25) is 0 Å². The summed E-state index contributed by atoms with van der Waals surface area (Å²) in [4.78, 5) is 0. The monoisotopic (exact) mass is 329 g/mol. The Morgan fingerprint density at radius 1 is 1.43 bits per heavy atom. The number of thiophene rings is 1. The zero-order chi connectivity index (χ0) is 10.1. The molecule has 0 bridgehead atoms. The fourth-order valence-corrected chi connectivity index (χ4v) is 3.72. The predicted octanol–water partition coefficient (Wildman–Crippen LogP) is 4.43. The highest BCUT2D eigenvalue weighted by Gasteiger charge is 2.10. The highest BCUT2D eigenvalue weighted by molar-refractivity contribution is 9.10. The minimum absolute atomic E-state index is 0.750. The molecule has 0 N–H and O–H groups in total. The van der Waals surface area contributed by atoms with E-state index in [0.717, 1.165) is 20.8 Å². The molecule has 0 atom stereocenters. The molecule has 1 aromatic heterocycles. The van der Waals surface area contributed by atoms with E-state index in [2.05, 4.69) is 44.0 Å². The van der Waals surface area contributed by atoms with Crippen molar-refractivity contribution >= 4 is 53.3 Å². The van der Waals surface area contributed by atoms with E-state index in [4.69, 9.17) is 5.26 Å². The molecule has 2 rings (SSSR count). The van der Waals surface area contributed by atoms with Crippen LogP contribution in [0.4, 0.5) is 0 Å². The fourth-order valence-electron chi connectivity index (χ4n) is 1.35. The van der Waals surface area contributed by atoms with Crippen molar-refractivity contribution in [2.75, 3.05) is 0 Å². The molecule has 0 saturated heterocycles. The van der Waals surface area contributed by atoms with Gasteiger partial charge in [-0.15, -0.1) is 11.3 Å². The number of nitriles is 1. The molecule has 0 spiro atoms. The van der Waals surface area contributed by atoms with Gasteiger partial charge < -0.3 is 0 Å². The molecule has 1 aromatic carbocycles. The van der Waals surface area contributed by atoms with Crippen molar-refractivity contribution in [1.29, 1.82) is 5.26 Å². The second kappa shape index (κ2) is 4.01. The van der Waals surface area contributed by atoms with Crippen LogP contribution in [0.5, 0.6) is 0 Å². The van der Waals surface area contributed by atoms with Crippen LogP contribution in [0.3, 0.4) is 0 Å². The number of hydrogen-bond acceptors (Lipinski definition) is 2. The van der Waals surface area contributed by atoms with Gasteiger partial charge in [-0.3, -0.25) is 0 Å². The molecule has 0 fully saturated rings. The maximum absolute atomic E-state index is 8.94. The largest absolute Gasteiger partial charge is 0.192 e. The van der Waals surface area contributed by atoms with Crippen molar-refractivity contribution in [1.82, 2.24) is 0 Å². The summed E-state index contributed by atoms with van der Waals surface area (Å²) in [5, 5.41) is 12.7. The average molecular weight is 331 g/mol. The normalized spacial score (nSPS) is 10.4. The summed E-state index contributed by atoms with van der Waals surface area (Å²) < 4.78 is 2.18. The quantitative estimate of drug-likeness (QED) is 0.709. The Bertz CT molecular complexity index is 525. The van der Waals surface area contributed by atoms with Crippen molar-refractivity contribution in [2.24, 2.45) is 0 Å². The summed E-state index contributed by atoms with van der Waals surface area (Å²) in [7, 11) is 0. The maximum Gasteiger partial charge on any atom is 0.101 e. The SMILES string of the molecule is N#Cc1csc2c(CBr)ccc(Br)c12. The van der Waals surface area contributed by atoms with Gasteiger partial charge in [0.05, 0.1) is 5.56 Å². The van der Waals surface area contributed by atoms with Crippen molar-refractivity contribution in [3.63, 3.8) is 0 Å². The van der Waals surface area contributed by atoms with Gasteiger partial charge in [-0.05, 0) is 11.6 Å². The number of fused-ring (bicyclic) bond motifs is 1. The van der Waals surface area contributed by atoms with Crippen molar-refractivity contribution in [3.05, 3.63) is 33.1 Å². The van der Waals surface area contributed by atoms with E-state index in [1.54, 1.807) is 11.3 Å². The Kier molecular flexibility index (Phi) is 2.91. The third-order valence-electron chi connectivity index (χ3n) is 2.02. The van der Waals surface area contributed by atoms with Crippen molar-refractivity contribution in [2.45, 2.75) is 5.33 Å². The topological polar surface area (TPSA) is 23.8 Å². The predicted molar refractivity (Wildman–Crippen MR) is 66.9 cm³/mol. The fraction of sp³-hybridized carbons (Fsp3) is 0.100. The van der Waals surface area contributed by atoms with Crippen LogP contribution in [0.15, 0.2) is 22.0 Å². The Hall–Kier alpha value is -0.370. The first-order chi connectivity index (χ1) is 6.77. The molecule has 0 aliphatic heterocycles. The first kappa shape index (κ1) is 10.2. The number of halogens is 2. The third kappa shape index (κ3) is 1.50. The molecule has 0 radical (unpaired) electrons. The van der Waals surface area contributed by atoms with Gasteiger partial charge in [0.1, 0.15) is 6.07 Å². The Labute approximate surface area is 103 Å². The Morgan fingerprint density at radius 2 is 2.21 bits per heavy atom. The second-order valence-electron chi connectivity index (χ2n) is 2.81. The van der Waals surface area contributed by atoms with Crippen molar-refractivity contribution in [3.8, 4) is 6.07 Å². The molecule has 1 heterocycles. The lowest BCUT2D eigenvalue weighted by molar-refractivity contribution is 1.49. The summed E-state index contributed by atoms with van der Waals surface area (Å²) in [6.45, 7) is 0. The number of hydrogen-bond donors (Lipinski definition) is 0. The zero-order valence-corrected chi connectivity index (χ0v) is 11.0. The molecule has 4 heteroatoms. The number of nitrogens with zero attached hydrogens (tertiary/aromatic N) is 1.